The normalized spacial score (nSPS) is 21.4. The summed E-state index contributed by atoms with van der Waals surface area (Å²) >= 11 is 6.15. The zero-order chi connectivity index (χ0) is 13.1. The van der Waals surface area contributed by atoms with Gasteiger partial charge in [-0.1, -0.05) is 23.7 Å². The van der Waals surface area contributed by atoms with Crippen molar-refractivity contribution in [2.24, 2.45) is 5.73 Å². The van der Waals surface area contributed by atoms with E-state index in [1.807, 2.05) is 25.2 Å². The van der Waals surface area contributed by atoms with E-state index in [0.29, 0.717) is 30.7 Å². The van der Waals surface area contributed by atoms with Gasteiger partial charge in [0, 0.05) is 12.6 Å². The molecule has 1 heterocycles. The highest BCUT2D eigenvalue weighted by Crippen LogP contribution is 2.27. The first-order valence-electron chi connectivity index (χ1n) is 6.08. The summed E-state index contributed by atoms with van der Waals surface area (Å²) in [5.41, 5.74) is 6.41. The van der Waals surface area contributed by atoms with Crippen molar-refractivity contribution >= 4 is 23.2 Å². The Morgan fingerprint density at radius 1 is 1.44 bits per heavy atom. The van der Waals surface area contributed by atoms with Gasteiger partial charge in [0.1, 0.15) is 0 Å². The molecule has 0 bridgehead atoms. The first-order chi connectivity index (χ1) is 8.63. The van der Waals surface area contributed by atoms with Gasteiger partial charge < -0.3 is 10.6 Å². The summed E-state index contributed by atoms with van der Waals surface area (Å²) in [4.78, 5) is 15.9. The molecule has 1 fully saturated rings. The van der Waals surface area contributed by atoms with Gasteiger partial charge >= 0.3 is 0 Å². The van der Waals surface area contributed by atoms with Crippen molar-refractivity contribution in [3.8, 4) is 0 Å². The highest BCUT2D eigenvalue weighted by molar-refractivity contribution is 6.33. The number of amides is 1. The molecule has 4 nitrogen and oxygen atoms in total. The number of piperazine rings is 1. The van der Waals surface area contributed by atoms with E-state index < -0.39 is 0 Å². The first kappa shape index (κ1) is 13.3. The largest absolute Gasteiger partial charge is 0.330 e. The van der Waals surface area contributed by atoms with Gasteiger partial charge in [0.05, 0.1) is 17.3 Å². The molecule has 2 N–H and O–H groups in total. The highest BCUT2D eigenvalue weighted by atomic mass is 35.5. The number of anilines is 1. The molecule has 2 rings (SSSR count). The van der Waals surface area contributed by atoms with Gasteiger partial charge in [0.15, 0.2) is 0 Å². The van der Waals surface area contributed by atoms with Crippen molar-refractivity contribution in [3.63, 3.8) is 0 Å². The molecule has 1 atom stereocenters. The quantitative estimate of drug-likeness (QED) is 0.899. The van der Waals surface area contributed by atoms with Crippen LogP contribution in [0.2, 0.25) is 5.02 Å². The SMILES string of the molecule is CN1CC(=O)N(c2ccccc2Cl)CC1CCN. The molecule has 1 aromatic rings. The van der Waals surface area contributed by atoms with Crippen molar-refractivity contribution < 1.29 is 4.79 Å². The fraction of sp³-hybridized carbons (Fsp3) is 0.462. The molecule has 98 valence electrons. The maximum absolute atomic E-state index is 12.1. The van der Waals surface area contributed by atoms with Crippen LogP contribution in [-0.4, -0.2) is 43.5 Å². The van der Waals surface area contributed by atoms with Crippen LogP contribution >= 0.6 is 11.6 Å². The van der Waals surface area contributed by atoms with E-state index in [0.717, 1.165) is 12.1 Å². The van der Waals surface area contributed by atoms with Crippen LogP contribution in [0.25, 0.3) is 0 Å². The number of para-hydroxylation sites is 1. The minimum atomic E-state index is 0.0823. The zero-order valence-corrected chi connectivity index (χ0v) is 11.2. The number of hydrogen-bond donors (Lipinski definition) is 1. The molecule has 0 spiro atoms. The second kappa shape index (κ2) is 5.69. The summed E-state index contributed by atoms with van der Waals surface area (Å²) in [7, 11) is 1.96. The molecule has 1 aromatic carbocycles. The number of rotatable bonds is 3. The second-order valence-corrected chi connectivity index (χ2v) is 5.01. The van der Waals surface area contributed by atoms with Gasteiger partial charge in [-0.05, 0) is 32.1 Å². The lowest BCUT2D eigenvalue weighted by molar-refractivity contribution is -0.122. The number of nitrogens with two attached hydrogens (primary N) is 1. The molecular formula is C13H18ClN3O. The minimum Gasteiger partial charge on any atom is -0.330 e. The lowest BCUT2D eigenvalue weighted by Gasteiger charge is -2.39. The van der Waals surface area contributed by atoms with Crippen LogP contribution in [0.1, 0.15) is 6.42 Å². The van der Waals surface area contributed by atoms with Crippen LogP contribution in [0.5, 0.6) is 0 Å². The van der Waals surface area contributed by atoms with Gasteiger partial charge in [0.25, 0.3) is 0 Å². The molecule has 1 aliphatic rings. The van der Waals surface area contributed by atoms with E-state index in [-0.39, 0.29) is 5.91 Å². The van der Waals surface area contributed by atoms with Gasteiger partial charge in [-0.25, -0.2) is 0 Å². The Morgan fingerprint density at radius 2 is 2.17 bits per heavy atom. The maximum Gasteiger partial charge on any atom is 0.241 e. The van der Waals surface area contributed by atoms with Gasteiger partial charge in [-0.3, -0.25) is 9.69 Å². The van der Waals surface area contributed by atoms with Crippen molar-refractivity contribution in [1.29, 1.82) is 0 Å². The smallest absolute Gasteiger partial charge is 0.241 e. The lowest BCUT2D eigenvalue weighted by atomic mass is 10.1. The van der Waals surface area contributed by atoms with E-state index in [4.69, 9.17) is 17.3 Å². The molecule has 0 aliphatic carbocycles. The van der Waals surface area contributed by atoms with Crippen molar-refractivity contribution in [1.82, 2.24) is 4.90 Å². The number of benzene rings is 1. The standard InChI is InChI=1S/C13H18ClN3O/c1-16-9-13(18)17(8-10(16)6-7-15)12-5-3-2-4-11(12)14/h2-5,10H,6-9,15H2,1H3. The molecule has 0 aromatic heterocycles. The topological polar surface area (TPSA) is 49.6 Å². The number of carbonyl (C=O) groups excluding carboxylic acids is 1. The van der Waals surface area contributed by atoms with Gasteiger partial charge in [-0.15, -0.1) is 0 Å². The van der Waals surface area contributed by atoms with Gasteiger partial charge in [-0.2, -0.15) is 0 Å². The van der Waals surface area contributed by atoms with Crippen LogP contribution in [0.15, 0.2) is 24.3 Å². The van der Waals surface area contributed by atoms with E-state index in [2.05, 4.69) is 4.90 Å². The summed E-state index contributed by atoms with van der Waals surface area (Å²) in [5, 5.41) is 0.613. The number of hydrogen-bond acceptors (Lipinski definition) is 3. The summed E-state index contributed by atoms with van der Waals surface area (Å²) in [6, 6.07) is 7.74. The Kier molecular flexibility index (Phi) is 4.22. The zero-order valence-electron chi connectivity index (χ0n) is 10.5. The van der Waals surface area contributed by atoms with Crippen LogP contribution in [0.3, 0.4) is 0 Å². The number of nitrogens with zero attached hydrogens (tertiary/aromatic N) is 2. The predicted molar refractivity (Wildman–Crippen MR) is 73.9 cm³/mol. The number of likely N-dealkylation sites (N-methyl/N-ethyl adjacent to an activating group) is 1. The summed E-state index contributed by atoms with van der Waals surface area (Å²) in [6.45, 7) is 1.69. The van der Waals surface area contributed by atoms with Gasteiger partial charge in [0.2, 0.25) is 5.91 Å². The Bertz CT molecular complexity index is 438. The number of carbonyl (C=O) groups is 1. The van der Waals surface area contributed by atoms with Crippen LogP contribution in [0, 0.1) is 0 Å². The molecule has 1 saturated heterocycles. The highest BCUT2D eigenvalue weighted by Gasteiger charge is 2.30. The molecule has 1 unspecified atom stereocenters. The predicted octanol–water partition coefficient (Wildman–Crippen LogP) is 1.34. The Labute approximate surface area is 112 Å². The molecule has 0 radical (unpaired) electrons. The molecule has 5 heteroatoms. The Balaban J connectivity index is 2.22. The number of halogens is 1. The average Bonchev–Trinajstić information content (AvgIpc) is 2.34. The fourth-order valence-corrected chi connectivity index (χ4v) is 2.52. The third-order valence-electron chi connectivity index (χ3n) is 3.35. The van der Waals surface area contributed by atoms with Crippen molar-refractivity contribution in [2.45, 2.75) is 12.5 Å². The van der Waals surface area contributed by atoms with Crippen LogP contribution < -0.4 is 10.6 Å². The minimum absolute atomic E-state index is 0.0823. The van der Waals surface area contributed by atoms with E-state index in [9.17, 15) is 4.79 Å². The summed E-state index contributed by atoms with van der Waals surface area (Å²) in [6.07, 6.45) is 0.880. The average molecular weight is 268 g/mol. The van der Waals surface area contributed by atoms with Crippen molar-refractivity contribution in [3.05, 3.63) is 29.3 Å². The second-order valence-electron chi connectivity index (χ2n) is 4.60. The fourth-order valence-electron chi connectivity index (χ4n) is 2.29. The third-order valence-corrected chi connectivity index (χ3v) is 3.67. The Hall–Kier alpha value is -1.10. The van der Waals surface area contributed by atoms with E-state index >= 15 is 0 Å². The lowest BCUT2D eigenvalue weighted by Crippen LogP contribution is -2.55. The van der Waals surface area contributed by atoms with Crippen LogP contribution in [-0.2, 0) is 4.79 Å². The molecule has 0 saturated carbocycles. The van der Waals surface area contributed by atoms with Crippen molar-refractivity contribution in [2.75, 3.05) is 31.6 Å². The third kappa shape index (κ3) is 2.66. The summed E-state index contributed by atoms with van der Waals surface area (Å²) < 4.78 is 0. The van der Waals surface area contributed by atoms with Crippen LogP contribution in [0.4, 0.5) is 5.69 Å². The maximum atomic E-state index is 12.1. The molecule has 1 amide bonds. The summed E-state index contributed by atoms with van der Waals surface area (Å²) in [5.74, 6) is 0.0823. The molecule has 18 heavy (non-hydrogen) atoms. The monoisotopic (exact) mass is 267 g/mol. The molecular weight excluding hydrogens is 250 g/mol. The van der Waals surface area contributed by atoms with E-state index in [1.54, 1.807) is 11.0 Å². The Morgan fingerprint density at radius 3 is 2.83 bits per heavy atom. The first-order valence-corrected chi connectivity index (χ1v) is 6.46. The van der Waals surface area contributed by atoms with E-state index in [1.165, 1.54) is 0 Å². The molecule has 1 aliphatic heterocycles.